The maximum Gasteiger partial charge on any atom is 0.159 e. The summed E-state index contributed by atoms with van der Waals surface area (Å²) in [4.78, 5) is 0. The molecule has 1 aromatic carbocycles. The van der Waals surface area contributed by atoms with Gasteiger partial charge in [-0.1, -0.05) is 33.3 Å². The van der Waals surface area contributed by atoms with Crippen LogP contribution in [-0.4, -0.2) is 0 Å². The quantitative estimate of drug-likeness (QED) is 0.639. The number of hydrogen-bond donors (Lipinski definition) is 0. The molecule has 0 amide bonds. The lowest BCUT2D eigenvalue weighted by atomic mass is 9.79. The summed E-state index contributed by atoms with van der Waals surface area (Å²) in [6, 6.07) is 4.32. The highest BCUT2D eigenvalue weighted by atomic mass is 19.2. The third-order valence-corrected chi connectivity index (χ3v) is 3.43. The fourth-order valence-corrected chi connectivity index (χ4v) is 2.36. The van der Waals surface area contributed by atoms with E-state index in [9.17, 15) is 8.78 Å². The Morgan fingerprint density at radius 2 is 1.62 bits per heavy atom. The van der Waals surface area contributed by atoms with Gasteiger partial charge in [0.25, 0.3) is 0 Å². The zero-order valence-electron chi connectivity index (χ0n) is 8.97. The summed E-state index contributed by atoms with van der Waals surface area (Å²) in [6.45, 7) is 2.25. The van der Waals surface area contributed by atoms with Crippen LogP contribution >= 0.6 is 0 Å². The Balaban J connectivity index is 0.00000128. The smallest absolute Gasteiger partial charge is 0.159 e. The van der Waals surface area contributed by atoms with Gasteiger partial charge in [-0.2, -0.15) is 0 Å². The first-order valence-corrected chi connectivity index (χ1v) is 5.62. The molecule has 0 N–H and O–H groups in total. The average Bonchev–Trinajstić information content (AvgIpc) is 2.23. The Hall–Kier alpha value is -0.920. The molecule has 0 aromatic heterocycles. The molecule has 0 radical (unpaired) electrons. The van der Waals surface area contributed by atoms with Gasteiger partial charge in [0.2, 0.25) is 0 Å². The highest BCUT2D eigenvalue weighted by Crippen LogP contribution is 2.35. The van der Waals surface area contributed by atoms with Gasteiger partial charge in [-0.3, -0.25) is 0 Å². The van der Waals surface area contributed by atoms with Crippen LogP contribution < -0.4 is 0 Å². The summed E-state index contributed by atoms with van der Waals surface area (Å²) in [5, 5.41) is 0. The molecular weight excluding hydrogens is 206 g/mol. The first-order chi connectivity index (χ1) is 7.16. The predicted molar refractivity (Wildman–Crippen MR) is 63.5 cm³/mol. The molecule has 1 fully saturated rings. The van der Waals surface area contributed by atoms with E-state index in [1.54, 1.807) is 6.07 Å². The Labute approximate surface area is 96.7 Å². The third-order valence-electron chi connectivity index (χ3n) is 3.43. The molecular formula is C14H20F2. The van der Waals surface area contributed by atoms with Gasteiger partial charge >= 0.3 is 0 Å². The third kappa shape index (κ3) is 2.81. The Morgan fingerprint density at radius 3 is 2.19 bits per heavy atom. The van der Waals surface area contributed by atoms with Crippen molar-refractivity contribution >= 4 is 0 Å². The van der Waals surface area contributed by atoms with Crippen molar-refractivity contribution in [3.63, 3.8) is 0 Å². The number of rotatable bonds is 1. The van der Waals surface area contributed by atoms with Crippen LogP contribution in [0.5, 0.6) is 0 Å². The van der Waals surface area contributed by atoms with Crippen LogP contribution in [0.4, 0.5) is 8.78 Å². The van der Waals surface area contributed by atoms with Gasteiger partial charge in [-0.05, 0) is 42.4 Å². The molecule has 0 spiro atoms. The van der Waals surface area contributed by atoms with Crippen LogP contribution in [-0.2, 0) is 0 Å². The predicted octanol–water partition coefficient (Wildman–Crippen LogP) is 4.89. The highest BCUT2D eigenvalue weighted by molar-refractivity contribution is 5.22. The summed E-state index contributed by atoms with van der Waals surface area (Å²) in [6.07, 6.45) is 4.60. The van der Waals surface area contributed by atoms with Crippen molar-refractivity contribution in [2.24, 2.45) is 5.92 Å². The van der Waals surface area contributed by atoms with E-state index in [0.717, 1.165) is 24.3 Å². The van der Waals surface area contributed by atoms with E-state index < -0.39 is 11.6 Å². The van der Waals surface area contributed by atoms with Gasteiger partial charge in [-0.15, -0.1) is 0 Å². The minimum absolute atomic E-state index is 0. The van der Waals surface area contributed by atoms with Crippen molar-refractivity contribution < 1.29 is 8.78 Å². The van der Waals surface area contributed by atoms with Gasteiger partial charge in [-0.25, -0.2) is 8.78 Å². The first-order valence-electron chi connectivity index (χ1n) is 5.62. The molecule has 0 atom stereocenters. The maximum absolute atomic E-state index is 13.0. The Morgan fingerprint density at radius 1 is 1.00 bits per heavy atom. The van der Waals surface area contributed by atoms with E-state index in [2.05, 4.69) is 6.92 Å². The lowest BCUT2D eigenvalue weighted by Gasteiger charge is -2.26. The lowest BCUT2D eigenvalue weighted by Crippen LogP contribution is -2.11. The van der Waals surface area contributed by atoms with Crippen molar-refractivity contribution in [2.75, 3.05) is 0 Å². The average molecular weight is 226 g/mol. The van der Waals surface area contributed by atoms with Gasteiger partial charge < -0.3 is 0 Å². The molecule has 16 heavy (non-hydrogen) atoms. The van der Waals surface area contributed by atoms with Gasteiger partial charge in [0.15, 0.2) is 11.6 Å². The van der Waals surface area contributed by atoms with E-state index in [1.807, 2.05) is 0 Å². The molecule has 0 aliphatic heterocycles. The standard InChI is InChI=1S/C13H16F2.CH4/c1-9-2-4-10(5-3-9)11-6-7-12(14)13(15)8-11;/h6-10H,2-5H2,1H3;1H4. The summed E-state index contributed by atoms with van der Waals surface area (Å²) in [5.41, 5.74) is 0.959. The minimum atomic E-state index is -0.747. The van der Waals surface area contributed by atoms with Crippen molar-refractivity contribution in [2.45, 2.75) is 46.0 Å². The fourth-order valence-electron chi connectivity index (χ4n) is 2.36. The molecule has 0 nitrogen and oxygen atoms in total. The molecule has 1 saturated carbocycles. The molecule has 0 heterocycles. The minimum Gasteiger partial charge on any atom is -0.204 e. The second kappa shape index (κ2) is 5.42. The van der Waals surface area contributed by atoms with Crippen molar-refractivity contribution in [1.82, 2.24) is 0 Å². The monoisotopic (exact) mass is 226 g/mol. The van der Waals surface area contributed by atoms with Crippen LogP contribution in [0.3, 0.4) is 0 Å². The molecule has 90 valence electrons. The molecule has 1 aliphatic rings. The fraction of sp³-hybridized carbons (Fsp3) is 0.571. The molecule has 0 bridgehead atoms. The molecule has 0 saturated heterocycles. The normalized spacial score (nSPS) is 24.9. The van der Waals surface area contributed by atoms with Gasteiger partial charge in [0.1, 0.15) is 0 Å². The summed E-state index contributed by atoms with van der Waals surface area (Å²) < 4.78 is 25.8. The Bertz CT molecular complexity index is 339. The van der Waals surface area contributed by atoms with E-state index >= 15 is 0 Å². The molecule has 1 aliphatic carbocycles. The van der Waals surface area contributed by atoms with E-state index in [4.69, 9.17) is 0 Å². The second-order valence-electron chi connectivity index (χ2n) is 4.63. The van der Waals surface area contributed by atoms with Crippen LogP contribution in [0.15, 0.2) is 18.2 Å². The van der Waals surface area contributed by atoms with Crippen LogP contribution in [0.2, 0.25) is 0 Å². The van der Waals surface area contributed by atoms with E-state index in [1.165, 1.54) is 25.0 Å². The summed E-state index contributed by atoms with van der Waals surface area (Å²) in [5.74, 6) is -0.253. The molecule has 2 heteroatoms. The van der Waals surface area contributed by atoms with Crippen molar-refractivity contribution in [3.8, 4) is 0 Å². The van der Waals surface area contributed by atoms with Crippen LogP contribution in [0, 0.1) is 17.6 Å². The highest BCUT2D eigenvalue weighted by Gasteiger charge is 2.20. The SMILES string of the molecule is C.CC1CCC(c2ccc(F)c(F)c2)CC1. The van der Waals surface area contributed by atoms with Crippen LogP contribution in [0.1, 0.15) is 51.5 Å². The van der Waals surface area contributed by atoms with Gasteiger partial charge in [0.05, 0.1) is 0 Å². The molecule has 0 unspecified atom stereocenters. The van der Waals surface area contributed by atoms with Crippen molar-refractivity contribution in [3.05, 3.63) is 35.4 Å². The largest absolute Gasteiger partial charge is 0.204 e. The number of benzene rings is 1. The van der Waals surface area contributed by atoms with Crippen LogP contribution in [0.25, 0.3) is 0 Å². The zero-order chi connectivity index (χ0) is 10.8. The topological polar surface area (TPSA) is 0 Å². The number of hydrogen-bond acceptors (Lipinski definition) is 0. The first kappa shape index (κ1) is 13.1. The lowest BCUT2D eigenvalue weighted by molar-refractivity contribution is 0.347. The zero-order valence-corrected chi connectivity index (χ0v) is 8.97. The summed E-state index contributed by atoms with van der Waals surface area (Å²) in [7, 11) is 0. The molecule has 2 rings (SSSR count). The van der Waals surface area contributed by atoms with E-state index in [0.29, 0.717) is 5.92 Å². The maximum atomic E-state index is 13.0. The molecule has 1 aromatic rings. The Kier molecular flexibility index (Phi) is 4.45. The van der Waals surface area contributed by atoms with Crippen molar-refractivity contribution in [1.29, 1.82) is 0 Å². The second-order valence-corrected chi connectivity index (χ2v) is 4.63. The van der Waals surface area contributed by atoms with E-state index in [-0.39, 0.29) is 7.43 Å². The summed E-state index contributed by atoms with van der Waals surface area (Å²) >= 11 is 0. The van der Waals surface area contributed by atoms with Gasteiger partial charge in [0, 0.05) is 0 Å². The number of halogens is 2.